The lowest BCUT2D eigenvalue weighted by atomic mass is 10.0. The van der Waals surface area contributed by atoms with Gasteiger partial charge in [0.2, 0.25) is 5.91 Å². The van der Waals surface area contributed by atoms with Gasteiger partial charge in [0.15, 0.2) is 0 Å². The molecule has 0 spiro atoms. The first kappa shape index (κ1) is 22.2. The van der Waals surface area contributed by atoms with E-state index in [-0.39, 0.29) is 42.6 Å². The third-order valence-electron chi connectivity index (χ3n) is 4.45. The van der Waals surface area contributed by atoms with Gasteiger partial charge >= 0.3 is 0 Å². The number of carbonyl (C=O) groups excluding carboxylic acids is 1. The van der Waals surface area contributed by atoms with E-state index in [0.29, 0.717) is 38.3 Å². The lowest BCUT2D eigenvalue weighted by Gasteiger charge is -2.36. The van der Waals surface area contributed by atoms with Crippen LogP contribution in [0.3, 0.4) is 0 Å². The Kier molecular flexibility index (Phi) is 8.85. The van der Waals surface area contributed by atoms with Crippen LogP contribution in [0.2, 0.25) is 0 Å². The summed E-state index contributed by atoms with van der Waals surface area (Å²) in [6.07, 6.45) is 0.295. The van der Waals surface area contributed by atoms with E-state index in [1.54, 1.807) is 12.1 Å². The second-order valence-corrected chi connectivity index (χ2v) is 6.04. The molecular formula is C19H24Cl2FN3O. The van der Waals surface area contributed by atoms with Crippen molar-refractivity contribution in [3.63, 3.8) is 0 Å². The van der Waals surface area contributed by atoms with E-state index in [9.17, 15) is 9.18 Å². The summed E-state index contributed by atoms with van der Waals surface area (Å²) < 4.78 is 13.9. The van der Waals surface area contributed by atoms with Crippen LogP contribution in [0, 0.1) is 5.82 Å². The first-order valence-corrected chi connectivity index (χ1v) is 8.23. The summed E-state index contributed by atoms with van der Waals surface area (Å²) in [5, 5.41) is 0. The number of benzene rings is 2. The summed E-state index contributed by atoms with van der Waals surface area (Å²) in [5.41, 5.74) is 7.70. The summed E-state index contributed by atoms with van der Waals surface area (Å²) in [6.45, 7) is 2.45. The van der Waals surface area contributed by atoms with Crippen LogP contribution in [-0.2, 0) is 4.79 Å². The number of halogens is 3. The number of anilines is 1. The Morgan fingerprint density at radius 2 is 1.54 bits per heavy atom. The molecule has 0 radical (unpaired) electrons. The number of carbonyl (C=O) groups is 1. The van der Waals surface area contributed by atoms with Crippen molar-refractivity contribution in [3.8, 4) is 0 Å². The molecule has 0 bridgehead atoms. The van der Waals surface area contributed by atoms with Crippen molar-refractivity contribution in [2.75, 3.05) is 31.1 Å². The predicted molar refractivity (Wildman–Crippen MR) is 108 cm³/mol. The van der Waals surface area contributed by atoms with Crippen molar-refractivity contribution in [2.45, 2.75) is 12.5 Å². The molecular weight excluding hydrogens is 376 g/mol. The number of hydrogen-bond acceptors (Lipinski definition) is 3. The number of nitrogens with two attached hydrogens (primary N) is 1. The average Bonchev–Trinajstić information content (AvgIpc) is 2.63. The monoisotopic (exact) mass is 399 g/mol. The van der Waals surface area contributed by atoms with Gasteiger partial charge in [-0.1, -0.05) is 42.5 Å². The molecule has 1 saturated heterocycles. The Bertz CT molecular complexity index is 694. The van der Waals surface area contributed by atoms with Crippen molar-refractivity contribution in [2.24, 2.45) is 5.73 Å². The van der Waals surface area contributed by atoms with E-state index in [2.05, 4.69) is 0 Å². The molecule has 1 atom stereocenters. The standard InChI is InChI=1S/C19H22FN3O.2ClH/c20-16-8-4-5-9-18(16)22-10-12-23(13-11-22)19(24)14-17(21)15-6-2-1-3-7-15;;/h1-9,17H,10-14,21H2;2*1H. The van der Waals surface area contributed by atoms with Crippen molar-refractivity contribution < 1.29 is 9.18 Å². The van der Waals surface area contributed by atoms with Crippen LogP contribution in [0.15, 0.2) is 54.6 Å². The lowest BCUT2D eigenvalue weighted by Crippen LogP contribution is -2.49. The van der Waals surface area contributed by atoms with Crippen LogP contribution in [0.4, 0.5) is 10.1 Å². The molecule has 1 aliphatic heterocycles. The molecule has 4 nitrogen and oxygen atoms in total. The predicted octanol–water partition coefficient (Wildman–Crippen LogP) is 3.41. The lowest BCUT2D eigenvalue weighted by molar-refractivity contribution is -0.131. The summed E-state index contributed by atoms with van der Waals surface area (Å²) in [7, 11) is 0. The maximum Gasteiger partial charge on any atom is 0.224 e. The van der Waals surface area contributed by atoms with Gasteiger partial charge in [0.05, 0.1) is 5.69 Å². The van der Waals surface area contributed by atoms with E-state index in [4.69, 9.17) is 5.73 Å². The third kappa shape index (κ3) is 5.34. The molecule has 0 saturated carbocycles. The highest BCUT2D eigenvalue weighted by Crippen LogP contribution is 2.21. The highest BCUT2D eigenvalue weighted by atomic mass is 35.5. The fraction of sp³-hybridized carbons (Fsp3) is 0.316. The SMILES string of the molecule is Cl.Cl.NC(CC(=O)N1CCN(c2ccccc2F)CC1)c1ccccc1. The number of rotatable bonds is 4. The van der Waals surface area contributed by atoms with E-state index < -0.39 is 0 Å². The minimum atomic E-state index is -0.289. The van der Waals surface area contributed by atoms with E-state index in [1.165, 1.54) is 6.07 Å². The Morgan fingerprint density at radius 3 is 2.15 bits per heavy atom. The molecule has 1 unspecified atom stereocenters. The average molecular weight is 400 g/mol. The summed E-state index contributed by atoms with van der Waals surface area (Å²) in [6, 6.07) is 16.1. The van der Waals surface area contributed by atoms with Gasteiger partial charge in [-0.15, -0.1) is 24.8 Å². The minimum absolute atomic E-state index is 0. The second-order valence-electron chi connectivity index (χ2n) is 6.04. The fourth-order valence-electron chi connectivity index (χ4n) is 3.04. The molecule has 2 aromatic rings. The maximum atomic E-state index is 13.9. The Morgan fingerprint density at radius 1 is 0.962 bits per heavy atom. The van der Waals surface area contributed by atoms with Crippen LogP contribution < -0.4 is 10.6 Å². The van der Waals surface area contributed by atoms with Gasteiger partial charge in [-0.2, -0.15) is 0 Å². The van der Waals surface area contributed by atoms with E-state index in [1.807, 2.05) is 46.2 Å². The molecule has 1 fully saturated rings. The van der Waals surface area contributed by atoms with Gasteiger partial charge in [-0.05, 0) is 17.7 Å². The van der Waals surface area contributed by atoms with Crippen LogP contribution in [-0.4, -0.2) is 37.0 Å². The first-order chi connectivity index (χ1) is 11.6. The van der Waals surface area contributed by atoms with Crippen LogP contribution in [0.25, 0.3) is 0 Å². The number of para-hydroxylation sites is 1. The molecule has 1 heterocycles. The van der Waals surface area contributed by atoms with Gasteiger partial charge in [0.1, 0.15) is 5.82 Å². The van der Waals surface area contributed by atoms with Crippen molar-refractivity contribution in [1.82, 2.24) is 4.90 Å². The van der Waals surface area contributed by atoms with Gasteiger partial charge in [-0.3, -0.25) is 4.79 Å². The highest BCUT2D eigenvalue weighted by molar-refractivity contribution is 5.85. The number of piperazine rings is 1. The Hall–Kier alpha value is -1.82. The van der Waals surface area contributed by atoms with Gasteiger partial charge in [-0.25, -0.2) is 4.39 Å². The van der Waals surface area contributed by atoms with E-state index >= 15 is 0 Å². The molecule has 0 aliphatic carbocycles. The number of nitrogens with zero attached hydrogens (tertiary/aromatic N) is 2. The van der Waals surface area contributed by atoms with Crippen LogP contribution in [0.1, 0.15) is 18.0 Å². The Balaban J connectivity index is 0.00000169. The second kappa shape index (κ2) is 10.4. The molecule has 7 heteroatoms. The zero-order valence-electron chi connectivity index (χ0n) is 14.4. The van der Waals surface area contributed by atoms with Crippen LogP contribution in [0.5, 0.6) is 0 Å². The Labute approximate surface area is 166 Å². The molecule has 3 rings (SSSR count). The zero-order valence-corrected chi connectivity index (χ0v) is 16.0. The number of hydrogen-bond donors (Lipinski definition) is 1. The number of amides is 1. The van der Waals surface area contributed by atoms with Gasteiger partial charge in [0.25, 0.3) is 0 Å². The fourth-order valence-corrected chi connectivity index (χ4v) is 3.04. The molecule has 2 aromatic carbocycles. The van der Waals surface area contributed by atoms with Crippen molar-refractivity contribution in [3.05, 3.63) is 66.0 Å². The quantitative estimate of drug-likeness (QED) is 0.856. The first-order valence-electron chi connectivity index (χ1n) is 8.23. The van der Waals surface area contributed by atoms with Gasteiger partial charge in [0, 0.05) is 38.6 Å². The van der Waals surface area contributed by atoms with Crippen molar-refractivity contribution in [1.29, 1.82) is 0 Å². The summed E-state index contributed by atoms with van der Waals surface area (Å²) in [5.74, 6) is -0.164. The maximum absolute atomic E-state index is 13.9. The van der Waals surface area contributed by atoms with Crippen LogP contribution >= 0.6 is 24.8 Å². The molecule has 26 heavy (non-hydrogen) atoms. The summed E-state index contributed by atoms with van der Waals surface area (Å²) in [4.78, 5) is 16.2. The zero-order chi connectivity index (χ0) is 16.9. The smallest absolute Gasteiger partial charge is 0.224 e. The molecule has 1 amide bonds. The van der Waals surface area contributed by atoms with Gasteiger partial charge < -0.3 is 15.5 Å². The molecule has 1 aliphatic rings. The molecule has 0 aromatic heterocycles. The topological polar surface area (TPSA) is 49.6 Å². The minimum Gasteiger partial charge on any atom is -0.366 e. The van der Waals surface area contributed by atoms with Crippen molar-refractivity contribution >= 4 is 36.4 Å². The normalized spacial score (nSPS) is 14.8. The molecule has 2 N–H and O–H groups in total. The highest BCUT2D eigenvalue weighted by Gasteiger charge is 2.24. The third-order valence-corrected chi connectivity index (χ3v) is 4.45. The van der Waals surface area contributed by atoms with E-state index in [0.717, 1.165) is 5.56 Å². The largest absolute Gasteiger partial charge is 0.366 e. The summed E-state index contributed by atoms with van der Waals surface area (Å²) >= 11 is 0. The molecule has 142 valence electrons.